The van der Waals surface area contributed by atoms with Crippen LogP contribution in [0.2, 0.25) is 0 Å². The summed E-state index contributed by atoms with van der Waals surface area (Å²) in [6.45, 7) is 0.678. The number of nitrogens with one attached hydrogen (secondary N) is 2. The van der Waals surface area contributed by atoms with E-state index in [0.29, 0.717) is 42.5 Å². The van der Waals surface area contributed by atoms with Crippen molar-refractivity contribution in [3.05, 3.63) is 59.4 Å². The van der Waals surface area contributed by atoms with Crippen molar-refractivity contribution in [2.75, 3.05) is 20.6 Å². The first-order valence-electron chi connectivity index (χ1n) is 10.0. The van der Waals surface area contributed by atoms with Crippen molar-refractivity contribution in [1.82, 2.24) is 15.2 Å². The number of H-pyrrole nitrogens is 1. The van der Waals surface area contributed by atoms with Gasteiger partial charge in [0.05, 0.1) is 11.2 Å². The van der Waals surface area contributed by atoms with Crippen LogP contribution in [-0.4, -0.2) is 42.5 Å². The molecule has 0 atom stereocenters. The van der Waals surface area contributed by atoms with Gasteiger partial charge in [0.15, 0.2) is 0 Å². The first-order chi connectivity index (χ1) is 14.3. The van der Waals surface area contributed by atoms with Crippen molar-refractivity contribution in [3.8, 4) is 11.3 Å². The van der Waals surface area contributed by atoms with Gasteiger partial charge >= 0.3 is 0 Å². The number of aromatic amines is 1. The van der Waals surface area contributed by atoms with E-state index < -0.39 is 11.6 Å². The van der Waals surface area contributed by atoms with Gasteiger partial charge in [-0.3, -0.25) is 4.79 Å². The highest BCUT2D eigenvalue weighted by Gasteiger charge is 2.35. The molecule has 2 aromatic carbocycles. The average Bonchev–Trinajstić information content (AvgIpc) is 3.02. The fourth-order valence-electron chi connectivity index (χ4n) is 4.10. The van der Waals surface area contributed by atoms with E-state index in [1.54, 1.807) is 12.1 Å². The molecular formula is C23H24F3N3O. The molecule has 1 amide bonds. The maximum absolute atomic E-state index is 14.4. The fourth-order valence-corrected chi connectivity index (χ4v) is 4.10. The number of benzene rings is 2. The number of aromatic nitrogens is 1. The molecule has 4 nitrogen and oxygen atoms in total. The minimum Gasteiger partial charge on any atom is -0.353 e. The number of nitrogens with zero attached hydrogens (tertiary/aromatic N) is 1. The van der Waals surface area contributed by atoms with Gasteiger partial charge in [0.1, 0.15) is 17.5 Å². The predicted molar refractivity (Wildman–Crippen MR) is 111 cm³/mol. The van der Waals surface area contributed by atoms with E-state index in [1.807, 2.05) is 19.0 Å². The molecule has 30 heavy (non-hydrogen) atoms. The minimum atomic E-state index is -0.660. The lowest BCUT2D eigenvalue weighted by molar-refractivity contribution is -0.122. The van der Waals surface area contributed by atoms with Crippen molar-refractivity contribution in [2.24, 2.45) is 0 Å². The van der Waals surface area contributed by atoms with Crippen LogP contribution in [0.25, 0.3) is 22.2 Å². The number of carbonyl (C=O) groups is 1. The minimum absolute atomic E-state index is 0.00178. The van der Waals surface area contributed by atoms with Crippen LogP contribution in [-0.2, 0) is 4.79 Å². The van der Waals surface area contributed by atoms with E-state index in [1.165, 1.54) is 18.2 Å². The molecule has 0 saturated heterocycles. The van der Waals surface area contributed by atoms with Crippen LogP contribution in [0.3, 0.4) is 0 Å². The Kier molecular flexibility index (Phi) is 5.56. The maximum Gasteiger partial charge on any atom is 0.221 e. The highest BCUT2D eigenvalue weighted by atomic mass is 19.1. The molecule has 0 bridgehead atoms. The molecule has 0 aliphatic heterocycles. The summed E-state index contributed by atoms with van der Waals surface area (Å²) in [5.41, 5.74) is 2.43. The third kappa shape index (κ3) is 4.07. The van der Waals surface area contributed by atoms with Gasteiger partial charge < -0.3 is 15.2 Å². The van der Waals surface area contributed by atoms with Crippen molar-refractivity contribution in [3.63, 3.8) is 0 Å². The third-order valence-electron chi connectivity index (χ3n) is 5.69. The smallest absolute Gasteiger partial charge is 0.221 e. The van der Waals surface area contributed by atoms with E-state index in [4.69, 9.17) is 0 Å². The number of rotatable bonds is 6. The Bertz CT molecular complexity index is 1070. The number of fused-ring (bicyclic) bond motifs is 1. The SMILES string of the molecule is CN(C)CCC(=O)N[C@H]1C[C@H](c2c(-c3ccc(F)cc3)[nH]c3c(F)cc(F)cc32)C1. The molecule has 0 spiro atoms. The maximum atomic E-state index is 14.4. The number of hydrogen-bond donors (Lipinski definition) is 2. The first-order valence-corrected chi connectivity index (χ1v) is 10.0. The highest BCUT2D eigenvalue weighted by molar-refractivity contribution is 5.92. The summed E-state index contributed by atoms with van der Waals surface area (Å²) in [5.74, 6) is -1.62. The van der Waals surface area contributed by atoms with Crippen LogP contribution in [0.4, 0.5) is 13.2 Å². The zero-order valence-electron chi connectivity index (χ0n) is 16.9. The lowest BCUT2D eigenvalue weighted by atomic mass is 9.74. The van der Waals surface area contributed by atoms with E-state index in [9.17, 15) is 18.0 Å². The van der Waals surface area contributed by atoms with Gasteiger partial charge in [-0.25, -0.2) is 13.2 Å². The molecule has 1 aliphatic rings. The number of amides is 1. The van der Waals surface area contributed by atoms with Gasteiger partial charge in [0, 0.05) is 30.5 Å². The van der Waals surface area contributed by atoms with Gasteiger partial charge in [-0.1, -0.05) is 0 Å². The van der Waals surface area contributed by atoms with Crippen molar-refractivity contribution in [1.29, 1.82) is 0 Å². The monoisotopic (exact) mass is 415 g/mol. The van der Waals surface area contributed by atoms with Crippen LogP contribution >= 0.6 is 0 Å². The molecule has 1 aromatic heterocycles. The Morgan fingerprint density at radius 1 is 1.10 bits per heavy atom. The molecule has 0 radical (unpaired) electrons. The summed E-state index contributed by atoms with van der Waals surface area (Å²) in [7, 11) is 3.83. The third-order valence-corrected chi connectivity index (χ3v) is 5.69. The fraction of sp³-hybridized carbons (Fsp3) is 0.348. The summed E-state index contributed by atoms with van der Waals surface area (Å²) >= 11 is 0. The highest BCUT2D eigenvalue weighted by Crippen LogP contribution is 2.45. The van der Waals surface area contributed by atoms with Gasteiger partial charge in [-0.05, 0) is 74.3 Å². The number of hydrogen-bond acceptors (Lipinski definition) is 2. The molecule has 2 N–H and O–H groups in total. The van der Waals surface area contributed by atoms with Crippen molar-refractivity contribution in [2.45, 2.75) is 31.2 Å². The number of halogens is 3. The van der Waals surface area contributed by atoms with Gasteiger partial charge in [0.25, 0.3) is 0 Å². The normalized spacial score (nSPS) is 18.6. The topological polar surface area (TPSA) is 48.1 Å². The summed E-state index contributed by atoms with van der Waals surface area (Å²) in [4.78, 5) is 17.1. The second kappa shape index (κ2) is 8.14. The molecule has 1 saturated carbocycles. The lowest BCUT2D eigenvalue weighted by Crippen LogP contribution is -2.44. The van der Waals surface area contributed by atoms with Gasteiger partial charge in [-0.2, -0.15) is 0 Å². The summed E-state index contributed by atoms with van der Waals surface area (Å²) in [6.07, 6.45) is 1.80. The van der Waals surface area contributed by atoms with E-state index in [2.05, 4.69) is 10.3 Å². The predicted octanol–water partition coefficient (Wildman–Crippen LogP) is 4.57. The zero-order valence-corrected chi connectivity index (χ0v) is 16.9. The molecule has 1 heterocycles. The Hall–Kier alpha value is -2.80. The van der Waals surface area contributed by atoms with Crippen LogP contribution in [0.1, 0.15) is 30.7 Å². The zero-order chi connectivity index (χ0) is 21.4. The van der Waals surface area contributed by atoms with E-state index in [-0.39, 0.29) is 29.2 Å². The molecule has 158 valence electrons. The Morgan fingerprint density at radius 3 is 2.47 bits per heavy atom. The molecular weight excluding hydrogens is 391 g/mol. The van der Waals surface area contributed by atoms with Crippen LogP contribution in [0.5, 0.6) is 0 Å². The number of carbonyl (C=O) groups excluding carboxylic acids is 1. The molecule has 4 rings (SSSR count). The van der Waals surface area contributed by atoms with Gasteiger partial charge in [-0.15, -0.1) is 0 Å². The summed E-state index contributed by atoms with van der Waals surface area (Å²) in [5, 5.41) is 3.52. The standard InChI is InChI=1S/C23H24F3N3O/c1-29(2)8-7-20(30)27-17-9-14(10-17)21-18-11-16(25)12-19(26)23(18)28-22(21)13-3-5-15(24)6-4-13/h3-6,11-12,14,17,28H,7-10H2,1-2H3,(H,27,30)/t14-,17-. The van der Waals surface area contributed by atoms with Crippen LogP contribution in [0, 0.1) is 17.5 Å². The van der Waals surface area contributed by atoms with Crippen LogP contribution in [0.15, 0.2) is 36.4 Å². The molecule has 1 fully saturated rings. The Morgan fingerprint density at radius 2 is 1.80 bits per heavy atom. The summed E-state index contributed by atoms with van der Waals surface area (Å²) < 4.78 is 41.8. The average molecular weight is 415 g/mol. The van der Waals surface area contributed by atoms with Crippen molar-refractivity contribution >= 4 is 16.8 Å². The quantitative estimate of drug-likeness (QED) is 0.620. The first kappa shape index (κ1) is 20.5. The molecule has 0 unspecified atom stereocenters. The Balaban J connectivity index is 1.61. The largest absolute Gasteiger partial charge is 0.353 e. The molecule has 7 heteroatoms. The second-order valence-corrected chi connectivity index (χ2v) is 8.22. The van der Waals surface area contributed by atoms with Crippen molar-refractivity contribution < 1.29 is 18.0 Å². The van der Waals surface area contributed by atoms with Gasteiger partial charge in [0.2, 0.25) is 5.91 Å². The van der Waals surface area contributed by atoms with Crippen LogP contribution < -0.4 is 5.32 Å². The van der Waals surface area contributed by atoms with E-state index >= 15 is 0 Å². The molecule has 3 aromatic rings. The second-order valence-electron chi connectivity index (χ2n) is 8.22. The lowest BCUT2D eigenvalue weighted by Gasteiger charge is -2.36. The summed E-state index contributed by atoms with van der Waals surface area (Å²) in [6, 6.07) is 8.15. The van der Waals surface area contributed by atoms with E-state index in [0.717, 1.165) is 11.6 Å². The Labute approximate surface area is 173 Å². The molecule has 1 aliphatic carbocycles.